The Bertz CT molecular complexity index is 1440. The van der Waals surface area contributed by atoms with E-state index < -0.39 is 15.9 Å². The van der Waals surface area contributed by atoms with E-state index in [0.717, 1.165) is 11.1 Å². The van der Waals surface area contributed by atoms with Crippen molar-refractivity contribution in [3.63, 3.8) is 0 Å². The Labute approximate surface area is 214 Å². The van der Waals surface area contributed by atoms with Gasteiger partial charge in [0.25, 0.3) is 15.9 Å². The summed E-state index contributed by atoms with van der Waals surface area (Å²) < 4.78 is 33.1. The van der Waals surface area contributed by atoms with Crippen LogP contribution >= 0.6 is 11.6 Å². The minimum atomic E-state index is -3.70. The Kier molecular flexibility index (Phi) is 7.99. The van der Waals surface area contributed by atoms with Gasteiger partial charge in [0.1, 0.15) is 12.4 Å². The van der Waals surface area contributed by atoms with E-state index in [1.807, 2.05) is 48.5 Å². The molecule has 182 valence electrons. The van der Waals surface area contributed by atoms with E-state index in [-0.39, 0.29) is 4.90 Å². The molecule has 0 aliphatic rings. The van der Waals surface area contributed by atoms with Crippen LogP contribution in [-0.2, 0) is 16.6 Å². The average Bonchev–Trinajstić information content (AvgIpc) is 2.90. The molecule has 36 heavy (non-hydrogen) atoms. The standard InChI is InChI=1S/C27H22ClN3O4S/c28-23-12-6-21(7-13-23)19-35-25-16-8-20(9-17-25)18-29-30-27(32)22-10-14-24(15-11-22)31-36(33,34)26-4-2-1-3-5-26/h1-18,31H,19H2,(H,30,32). The normalized spacial score (nSPS) is 11.2. The molecular formula is C27H22ClN3O4S. The second kappa shape index (κ2) is 11.5. The maximum Gasteiger partial charge on any atom is 0.271 e. The second-order valence-electron chi connectivity index (χ2n) is 7.68. The van der Waals surface area contributed by atoms with Crippen molar-refractivity contribution in [1.29, 1.82) is 0 Å². The molecule has 9 heteroatoms. The minimum absolute atomic E-state index is 0.155. The smallest absolute Gasteiger partial charge is 0.271 e. The molecule has 4 aromatic rings. The number of amides is 1. The van der Waals surface area contributed by atoms with E-state index in [1.54, 1.807) is 18.2 Å². The van der Waals surface area contributed by atoms with Crippen LogP contribution in [0.2, 0.25) is 5.02 Å². The zero-order valence-electron chi connectivity index (χ0n) is 19.0. The number of benzene rings is 4. The minimum Gasteiger partial charge on any atom is -0.489 e. The first kappa shape index (κ1) is 25.0. The van der Waals surface area contributed by atoms with Gasteiger partial charge in [-0.2, -0.15) is 5.10 Å². The van der Waals surface area contributed by atoms with Gasteiger partial charge in [-0.05, 0) is 83.9 Å². The number of halogens is 1. The van der Waals surface area contributed by atoms with Crippen molar-refractivity contribution in [1.82, 2.24) is 5.43 Å². The number of carbonyl (C=O) groups excluding carboxylic acids is 1. The molecule has 1 amide bonds. The number of nitrogens with zero attached hydrogens (tertiary/aromatic N) is 1. The van der Waals surface area contributed by atoms with Crippen LogP contribution in [0.4, 0.5) is 5.69 Å². The highest BCUT2D eigenvalue weighted by Gasteiger charge is 2.13. The van der Waals surface area contributed by atoms with Crippen LogP contribution in [0, 0.1) is 0 Å². The molecule has 0 unspecified atom stereocenters. The van der Waals surface area contributed by atoms with Crippen molar-refractivity contribution in [2.75, 3.05) is 4.72 Å². The molecule has 7 nitrogen and oxygen atoms in total. The molecule has 0 saturated carbocycles. The summed E-state index contributed by atoms with van der Waals surface area (Å²) in [6, 6.07) is 28.8. The third-order valence-electron chi connectivity index (χ3n) is 5.03. The van der Waals surface area contributed by atoms with Gasteiger partial charge in [0.05, 0.1) is 11.1 Å². The van der Waals surface area contributed by atoms with Gasteiger partial charge < -0.3 is 4.74 Å². The van der Waals surface area contributed by atoms with Gasteiger partial charge in [-0.25, -0.2) is 13.8 Å². The van der Waals surface area contributed by atoms with Crippen LogP contribution in [0.25, 0.3) is 0 Å². The first-order chi connectivity index (χ1) is 17.4. The molecule has 4 rings (SSSR count). The van der Waals surface area contributed by atoms with Gasteiger partial charge in [0, 0.05) is 16.3 Å². The molecule has 0 radical (unpaired) electrons. The van der Waals surface area contributed by atoms with Gasteiger partial charge in [-0.15, -0.1) is 0 Å². The maximum atomic E-state index is 12.4. The molecular weight excluding hydrogens is 498 g/mol. The Balaban J connectivity index is 1.27. The van der Waals surface area contributed by atoms with Gasteiger partial charge in [-0.1, -0.05) is 41.9 Å². The topological polar surface area (TPSA) is 96.9 Å². The lowest BCUT2D eigenvalue weighted by atomic mass is 10.2. The SMILES string of the molecule is O=C(NN=Cc1ccc(OCc2ccc(Cl)cc2)cc1)c1ccc(NS(=O)(=O)c2ccccc2)cc1. The third kappa shape index (κ3) is 6.94. The molecule has 0 aliphatic heterocycles. The van der Waals surface area contributed by atoms with Crippen LogP contribution in [0.5, 0.6) is 5.75 Å². The summed E-state index contributed by atoms with van der Waals surface area (Å²) in [4.78, 5) is 12.5. The third-order valence-corrected chi connectivity index (χ3v) is 6.68. The summed E-state index contributed by atoms with van der Waals surface area (Å²) in [7, 11) is -3.70. The van der Waals surface area contributed by atoms with E-state index in [1.165, 1.54) is 42.6 Å². The molecule has 0 aliphatic carbocycles. The zero-order valence-corrected chi connectivity index (χ0v) is 20.5. The highest BCUT2D eigenvalue weighted by Crippen LogP contribution is 2.17. The monoisotopic (exact) mass is 519 g/mol. The zero-order chi connectivity index (χ0) is 25.4. The van der Waals surface area contributed by atoms with Gasteiger partial charge in [-0.3, -0.25) is 9.52 Å². The van der Waals surface area contributed by atoms with Gasteiger partial charge in [0.15, 0.2) is 0 Å². The van der Waals surface area contributed by atoms with Crippen LogP contribution in [0.1, 0.15) is 21.5 Å². The van der Waals surface area contributed by atoms with Crippen LogP contribution < -0.4 is 14.9 Å². The Morgan fingerprint density at radius 1 is 0.861 bits per heavy atom. The maximum absolute atomic E-state index is 12.4. The molecule has 4 aromatic carbocycles. The predicted molar refractivity (Wildman–Crippen MR) is 141 cm³/mol. The van der Waals surface area contributed by atoms with Crippen molar-refractivity contribution in [3.8, 4) is 5.75 Å². The predicted octanol–water partition coefficient (Wildman–Crippen LogP) is 5.48. The highest BCUT2D eigenvalue weighted by atomic mass is 35.5. The summed E-state index contributed by atoms with van der Waals surface area (Å²) in [5.41, 5.74) is 4.92. The number of hydrogen-bond acceptors (Lipinski definition) is 5. The van der Waals surface area contributed by atoms with Crippen LogP contribution in [-0.4, -0.2) is 20.5 Å². The number of anilines is 1. The Morgan fingerprint density at radius 3 is 2.19 bits per heavy atom. The number of ether oxygens (including phenoxy) is 1. The lowest BCUT2D eigenvalue weighted by Crippen LogP contribution is -2.18. The summed E-state index contributed by atoms with van der Waals surface area (Å²) in [6.07, 6.45) is 1.52. The lowest BCUT2D eigenvalue weighted by molar-refractivity contribution is 0.0955. The summed E-state index contributed by atoms with van der Waals surface area (Å²) >= 11 is 5.89. The van der Waals surface area contributed by atoms with Crippen LogP contribution in [0.15, 0.2) is 113 Å². The van der Waals surface area contributed by atoms with Gasteiger partial charge in [0.2, 0.25) is 0 Å². The summed E-state index contributed by atoms with van der Waals surface area (Å²) in [6.45, 7) is 0.424. The molecule has 0 fully saturated rings. The van der Waals surface area contributed by atoms with E-state index in [9.17, 15) is 13.2 Å². The van der Waals surface area contributed by atoms with Gasteiger partial charge >= 0.3 is 0 Å². The number of hydrazone groups is 1. The Morgan fingerprint density at radius 2 is 1.53 bits per heavy atom. The first-order valence-electron chi connectivity index (χ1n) is 10.9. The molecule has 0 saturated heterocycles. The molecule has 2 N–H and O–H groups in total. The largest absolute Gasteiger partial charge is 0.489 e. The average molecular weight is 520 g/mol. The molecule has 0 aromatic heterocycles. The number of carbonyl (C=O) groups is 1. The fourth-order valence-electron chi connectivity index (χ4n) is 3.13. The number of sulfonamides is 1. The fraction of sp³-hybridized carbons (Fsp3) is 0.0370. The van der Waals surface area contributed by atoms with Crippen molar-refractivity contribution in [3.05, 3.63) is 125 Å². The summed E-state index contributed by atoms with van der Waals surface area (Å²) in [5.74, 6) is 0.278. The van der Waals surface area contributed by atoms with Crippen molar-refractivity contribution in [2.24, 2.45) is 5.10 Å². The van der Waals surface area contributed by atoms with E-state index >= 15 is 0 Å². The van der Waals surface area contributed by atoms with E-state index in [2.05, 4.69) is 15.2 Å². The lowest BCUT2D eigenvalue weighted by Gasteiger charge is -2.08. The van der Waals surface area contributed by atoms with E-state index in [0.29, 0.717) is 28.6 Å². The van der Waals surface area contributed by atoms with Crippen molar-refractivity contribution in [2.45, 2.75) is 11.5 Å². The molecule has 0 atom stereocenters. The fourth-order valence-corrected chi connectivity index (χ4v) is 4.34. The number of nitrogens with one attached hydrogen (secondary N) is 2. The highest BCUT2D eigenvalue weighted by molar-refractivity contribution is 7.92. The van der Waals surface area contributed by atoms with Crippen molar-refractivity contribution >= 4 is 39.4 Å². The summed E-state index contributed by atoms with van der Waals surface area (Å²) in [5, 5.41) is 4.66. The first-order valence-corrected chi connectivity index (χ1v) is 12.7. The molecule has 0 spiro atoms. The quantitative estimate of drug-likeness (QED) is 0.226. The van der Waals surface area contributed by atoms with E-state index in [4.69, 9.17) is 16.3 Å². The second-order valence-corrected chi connectivity index (χ2v) is 9.80. The Hall–Kier alpha value is -4.14. The number of rotatable bonds is 9. The molecule has 0 bridgehead atoms. The van der Waals surface area contributed by atoms with Crippen molar-refractivity contribution < 1.29 is 17.9 Å². The van der Waals surface area contributed by atoms with Crippen LogP contribution in [0.3, 0.4) is 0 Å². The molecule has 0 heterocycles. The number of hydrogen-bond donors (Lipinski definition) is 2.